The second-order valence-electron chi connectivity index (χ2n) is 8.69. The van der Waals surface area contributed by atoms with E-state index in [1.165, 1.54) is 0 Å². The second kappa shape index (κ2) is 8.47. The number of aliphatic hydroxyl groups is 2. The number of nitrogens with zero attached hydrogens (tertiary/aromatic N) is 3. The quantitative estimate of drug-likeness (QED) is 0.644. The molecule has 1 saturated heterocycles. The SMILES string of the molecule is O=C(N[C@H]1CC[C@H](CCn2cc(C3(O)CCCC3)nn2)O[C@H]1CO)C1CCC1. The molecule has 0 aromatic carbocycles. The average molecular weight is 393 g/mol. The first-order valence-corrected chi connectivity index (χ1v) is 10.8. The van der Waals surface area contributed by atoms with Gasteiger partial charge in [-0.05, 0) is 44.9 Å². The van der Waals surface area contributed by atoms with Crippen molar-refractivity contribution in [1.82, 2.24) is 20.3 Å². The molecule has 156 valence electrons. The molecule has 0 radical (unpaired) electrons. The van der Waals surface area contributed by atoms with E-state index in [1.54, 1.807) is 4.68 Å². The smallest absolute Gasteiger partial charge is 0.223 e. The lowest BCUT2D eigenvalue weighted by Gasteiger charge is -2.37. The molecule has 2 saturated carbocycles. The van der Waals surface area contributed by atoms with Gasteiger partial charge in [0, 0.05) is 12.5 Å². The van der Waals surface area contributed by atoms with Crippen molar-refractivity contribution in [2.24, 2.45) is 5.92 Å². The number of nitrogens with one attached hydrogen (secondary N) is 1. The summed E-state index contributed by atoms with van der Waals surface area (Å²) in [5.74, 6) is 0.255. The van der Waals surface area contributed by atoms with Crippen LogP contribution in [0.1, 0.15) is 69.9 Å². The van der Waals surface area contributed by atoms with Crippen LogP contribution in [0.2, 0.25) is 0 Å². The molecule has 3 aliphatic rings. The van der Waals surface area contributed by atoms with Crippen LogP contribution in [0, 0.1) is 5.92 Å². The maximum atomic E-state index is 12.2. The minimum atomic E-state index is -0.812. The highest BCUT2D eigenvalue weighted by atomic mass is 16.5. The van der Waals surface area contributed by atoms with Crippen LogP contribution >= 0.6 is 0 Å². The number of amides is 1. The van der Waals surface area contributed by atoms with Gasteiger partial charge in [0.1, 0.15) is 17.4 Å². The Morgan fingerprint density at radius 3 is 2.71 bits per heavy atom. The van der Waals surface area contributed by atoms with E-state index in [1.807, 2.05) is 6.20 Å². The Hall–Kier alpha value is -1.51. The molecule has 28 heavy (non-hydrogen) atoms. The average Bonchev–Trinajstić information content (AvgIpc) is 3.29. The van der Waals surface area contributed by atoms with Crippen LogP contribution in [0.5, 0.6) is 0 Å². The summed E-state index contributed by atoms with van der Waals surface area (Å²) in [4.78, 5) is 12.2. The molecule has 1 amide bonds. The number of carbonyl (C=O) groups is 1. The molecule has 8 nitrogen and oxygen atoms in total. The number of rotatable bonds is 7. The van der Waals surface area contributed by atoms with Crippen molar-refractivity contribution in [3.8, 4) is 0 Å². The Bertz CT molecular complexity index is 669. The van der Waals surface area contributed by atoms with Crippen LogP contribution in [-0.2, 0) is 21.7 Å². The van der Waals surface area contributed by atoms with Crippen molar-refractivity contribution >= 4 is 5.91 Å². The molecule has 3 fully saturated rings. The van der Waals surface area contributed by atoms with Gasteiger partial charge in [-0.3, -0.25) is 9.48 Å². The van der Waals surface area contributed by atoms with E-state index in [2.05, 4.69) is 15.6 Å². The molecule has 0 spiro atoms. The zero-order valence-corrected chi connectivity index (χ0v) is 16.4. The highest BCUT2D eigenvalue weighted by molar-refractivity contribution is 5.79. The maximum absolute atomic E-state index is 12.2. The van der Waals surface area contributed by atoms with E-state index >= 15 is 0 Å². The Morgan fingerprint density at radius 2 is 2.04 bits per heavy atom. The summed E-state index contributed by atoms with van der Waals surface area (Å²) < 4.78 is 7.82. The number of aliphatic hydroxyl groups excluding tert-OH is 1. The summed E-state index contributed by atoms with van der Waals surface area (Å²) in [6.07, 6.45) is 10.6. The molecule has 0 unspecified atom stereocenters. The topological polar surface area (TPSA) is 110 Å². The largest absolute Gasteiger partial charge is 0.394 e. The third-order valence-electron chi connectivity index (χ3n) is 6.73. The summed E-state index contributed by atoms with van der Waals surface area (Å²) in [7, 11) is 0. The van der Waals surface area contributed by atoms with Crippen molar-refractivity contribution in [3.05, 3.63) is 11.9 Å². The zero-order chi connectivity index (χ0) is 19.6. The predicted molar refractivity (Wildman–Crippen MR) is 101 cm³/mol. The van der Waals surface area contributed by atoms with Crippen molar-refractivity contribution in [3.63, 3.8) is 0 Å². The van der Waals surface area contributed by atoms with Crippen LogP contribution in [-0.4, -0.2) is 56.0 Å². The zero-order valence-electron chi connectivity index (χ0n) is 16.4. The molecule has 1 aromatic rings. The molecule has 3 N–H and O–H groups in total. The van der Waals surface area contributed by atoms with Gasteiger partial charge in [0.05, 0.1) is 24.9 Å². The molecular weight excluding hydrogens is 360 g/mol. The number of carbonyl (C=O) groups excluding carboxylic acids is 1. The fraction of sp³-hybridized carbons (Fsp3) is 0.850. The van der Waals surface area contributed by atoms with Gasteiger partial charge < -0.3 is 20.3 Å². The van der Waals surface area contributed by atoms with Crippen molar-refractivity contribution in [2.45, 2.75) is 94.6 Å². The molecule has 2 aliphatic carbocycles. The van der Waals surface area contributed by atoms with Crippen molar-refractivity contribution in [2.75, 3.05) is 6.61 Å². The summed E-state index contributed by atoms with van der Waals surface area (Å²) in [5.41, 5.74) is -0.144. The van der Waals surface area contributed by atoms with Crippen molar-refractivity contribution < 1.29 is 19.7 Å². The molecule has 2 heterocycles. The van der Waals surface area contributed by atoms with E-state index in [4.69, 9.17) is 4.74 Å². The normalized spacial score (nSPS) is 30.1. The number of hydrogen-bond acceptors (Lipinski definition) is 6. The first-order valence-electron chi connectivity index (χ1n) is 10.8. The number of ether oxygens (including phenoxy) is 1. The molecular formula is C20H32N4O4. The van der Waals surface area contributed by atoms with Crippen LogP contribution in [0.25, 0.3) is 0 Å². The van der Waals surface area contributed by atoms with Gasteiger partial charge in [0.25, 0.3) is 0 Å². The number of aryl methyl sites for hydroxylation is 1. The lowest BCUT2D eigenvalue weighted by Crippen LogP contribution is -2.52. The van der Waals surface area contributed by atoms with Gasteiger partial charge in [-0.2, -0.15) is 0 Å². The van der Waals surface area contributed by atoms with Crippen LogP contribution in [0.15, 0.2) is 6.20 Å². The van der Waals surface area contributed by atoms with E-state index in [9.17, 15) is 15.0 Å². The Labute approximate surface area is 165 Å². The third kappa shape index (κ3) is 4.23. The highest BCUT2D eigenvalue weighted by Crippen LogP contribution is 2.37. The van der Waals surface area contributed by atoms with Crippen molar-refractivity contribution in [1.29, 1.82) is 0 Å². The molecule has 1 aliphatic heterocycles. The monoisotopic (exact) mass is 392 g/mol. The fourth-order valence-electron chi connectivity index (χ4n) is 4.59. The Balaban J connectivity index is 1.26. The van der Waals surface area contributed by atoms with Gasteiger partial charge in [-0.25, -0.2) is 0 Å². The number of hydrogen-bond donors (Lipinski definition) is 3. The first-order chi connectivity index (χ1) is 13.6. The number of aromatic nitrogens is 3. The minimum Gasteiger partial charge on any atom is -0.394 e. The van der Waals surface area contributed by atoms with Gasteiger partial charge in [0.2, 0.25) is 5.91 Å². The summed E-state index contributed by atoms with van der Waals surface area (Å²) in [5, 5.41) is 31.7. The van der Waals surface area contributed by atoms with E-state index < -0.39 is 5.60 Å². The Kier molecular flexibility index (Phi) is 5.99. The van der Waals surface area contributed by atoms with Gasteiger partial charge in [-0.15, -0.1) is 5.10 Å². The highest BCUT2D eigenvalue weighted by Gasteiger charge is 2.36. The lowest BCUT2D eigenvalue weighted by molar-refractivity contribution is -0.134. The Morgan fingerprint density at radius 1 is 1.25 bits per heavy atom. The molecule has 3 atom stereocenters. The predicted octanol–water partition coefficient (Wildman–Crippen LogP) is 1.25. The van der Waals surface area contributed by atoms with Gasteiger partial charge in [0.15, 0.2) is 0 Å². The molecule has 8 heteroatoms. The summed E-state index contributed by atoms with van der Waals surface area (Å²) >= 11 is 0. The van der Waals surface area contributed by atoms with E-state index in [-0.39, 0.29) is 36.7 Å². The van der Waals surface area contributed by atoms with Crippen LogP contribution < -0.4 is 5.32 Å². The van der Waals surface area contributed by atoms with E-state index in [0.29, 0.717) is 12.2 Å². The van der Waals surface area contributed by atoms with Crippen LogP contribution in [0.4, 0.5) is 0 Å². The maximum Gasteiger partial charge on any atom is 0.223 e. The van der Waals surface area contributed by atoms with Gasteiger partial charge >= 0.3 is 0 Å². The molecule has 4 rings (SSSR count). The third-order valence-corrected chi connectivity index (χ3v) is 6.73. The second-order valence-corrected chi connectivity index (χ2v) is 8.69. The lowest BCUT2D eigenvalue weighted by atomic mass is 9.84. The van der Waals surface area contributed by atoms with Gasteiger partial charge in [-0.1, -0.05) is 24.5 Å². The first kappa shape index (κ1) is 19.8. The summed E-state index contributed by atoms with van der Waals surface area (Å²) in [6, 6.07) is -0.107. The standard InChI is InChI=1S/C20H32N4O4/c25-13-17-16(21-19(26)14-4-3-5-14)7-6-15(28-17)8-11-24-12-18(22-23-24)20(27)9-1-2-10-20/h12,14-17,25,27H,1-11,13H2,(H,21,26)/t15-,16+,17+/m1/s1. The van der Waals surface area contributed by atoms with E-state index in [0.717, 1.165) is 64.2 Å². The minimum absolute atomic E-state index is 0.0243. The molecule has 0 bridgehead atoms. The van der Waals surface area contributed by atoms with Crippen LogP contribution in [0.3, 0.4) is 0 Å². The fourth-order valence-corrected chi connectivity index (χ4v) is 4.59. The summed E-state index contributed by atoms with van der Waals surface area (Å²) in [6.45, 7) is 0.567. The molecule has 1 aromatic heterocycles.